The first-order valence-corrected chi connectivity index (χ1v) is 13.7. The largest absolute Gasteiger partial charge is 0.417 e. The van der Waals surface area contributed by atoms with Crippen molar-refractivity contribution >= 4 is 17.4 Å². The fourth-order valence-electron chi connectivity index (χ4n) is 6.98. The van der Waals surface area contributed by atoms with Crippen LogP contribution in [-0.2, 0) is 13.1 Å². The fraction of sp³-hybridized carbons (Fsp3) is 0.500. The Hall–Kier alpha value is -3.20. The van der Waals surface area contributed by atoms with Gasteiger partial charge in [-0.25, -0.2) is 4.98 Å². The SMILES string of the molecule is Cc1nc(N2CC3(CC(c4nnc5n4-c4ccc(Cl)cc4CN(C4CC(O)(C(F)(F)F)C4)C5)C3)C2)ccc1C#N. The van der Waals surface area contributed by atoms with E-state index in [-0.39, 0.29) is 24.2 Å². The molecule has 2 saturated carbocycles. The predicted molar refractivity (Wildman–Crippen MR) is 140 cm³/mol. The molecule has 1 saturated heterocycles. The van der Waals surface area contributed by atoms with Crippen LogP contribution in [0, 0.1) is 23.7 Å². The Balaban J connectivity index is 1.10. The first-order chi connectivity index (χ1) is 19.0. The van der Waals surface area contributed by atoms with Crippen LogP contribution in [0.4, 0.5) is 19.0 Å². The van der Waals surface area contributed by atoms with Gasteiger partial charge in [0, 0.05) is 54.9 Å². The number of alkyl halides is 3. The molecule has 40 heavy (non-hydrogen) atoms. The maximum Gasteiger partial charge on any atom is 0.417 e. The molecule has 7 rings (SSSR count). The minimum Gasteiger partial charge on any atom is -0.380 e. The molecular weight excluding hydrogens is 543 g/mol. The predicted octanol–water partition coefficient (Wildman–Crippen LogP) is 4.65. The molecule has 0 radical (unpaired) electrons. The van der Waals surface area contributed by atoms with Crippen molar-refractivity contribution in [2.24, 2.45) is 5.41 Å². The third kappa shape index (κ3) is 3.91. The van der Waals surface area contributed by atoms with E-state index in [1.165, 1.54) is 0 Å². The molecule has 12 heteroatoms. The lowest BCUT2D eigenvalue weighted by atomic mass is 9.57. The van der Waals surface area contributed by atoms with Crippen molar-refractivity contribution in [3.8, 4) is 11.8 Å². The summed E-state index contributed by atoms with van der Waals surface area (Å²) in [6.07, 6.45) is -3.43. The number of nitrogens with zero attached hydrogens (tertiary/aromatic N) is 7. The van der Waals surface area contributed by atoms with E-state index >= 15 is 0 Å². The lowest BCUT2D eigenvalue weighted by Crippen LogP contribution is -2.62. The number of anilines is 1. The molecule has 2 aliphatic carbocycles. The molecule has 0 amide bonds. The van der Waals surface area contributed by atoms with Crippen LogP contribution in [-0.4, -0.2) is 60.7 Å². The van der Waals surface area contributed by atoms with Crippen molar-refractivity contribution in [3.63, 3.8) is 0 Å². The summed E-state index contributed by atoms with van der Waals surface area (Å²) in [7, 11) is 0. The van der Waals surface area contributed by atoms with E-state index in [1.807, 2.05) is 42.2 Å². The molecule has 3 fully saturated rings. The van der Waals surface area contributed by atoms with Gasteiger partial charge in [-0.1, -0.05) is 11.6 Å². The summed E-state index contributed by atoms with van der Waals surface area (Å²) < 4.78 is 42.0. The number of halogens is 4. The van der Waals surface area contributed by atoms with Crippen LogP contribution in [0.3, 0.4) is 0 Å². The second-order valence-corrected chi connectivity index (χ2v) is 12.4. The molecule has 1 spiro atoms. The lowest BCUT2D eigenvalue weighted by Gasteiger charge is -2.59. The quantitative estimate of drug-likeness (QED) is 0.491. The van der Waals surface area contributed by atoms with Crippen molar-refractivity contribution in [2.45, 2.75) is 69.4 Å². The van der Waals surface area contributed by atoms with Crippen LogP contribution >= 0.6 is 11.6 Å². The minimum atomic E-state index is -4.64. The van der Waals surface area contributed by atoms with Gasteiger partial charge in [-0.3, -0.25) is 9.47 Å². The second kappa shape index (κ2) is 8.65. The number of nitriles is 1. The van der Waals surface area contributed by atoms with Gasteiger partial charge >= 0.3 is 6.18 Å². The third-order valence-corrected chi connectivity index (χ3v) is 9.47. The molecule has 8 nitrogen and oxygen atoms in total. The Kier molecular flexibility index (Phi) is 5.57. The molecule has 208 valence electrons. The van der Waals surface area contributed by atoms with Gasteiger partial charge in [0.1, 0.15) is 17.7 Å². The zero-order chi connectivity index (χ0) is 28.0. The van der Waals surface area contributed by atoms with Crippen LogP contribution in [0.2, 0.25) is 5.02 Å². The van der Waals surface area contributed by atoms with E-state index in [4.69, 9.17) is 11.6 Å². The van der Waals surface area contributed by atoms with Crippen molar-refractivity contribution in [1.29, 1.82) is 5.26 Å². The fourth-order valence-corrected chi connectivity index (χ4v) is 7.17. The maximum atomic E-state index is 13.3. The Bertz CT molecular complexity index is 1540. The van der Waals surface area contributed by atoms with E-state index in [1.54, 1.807) is 0 Å². The second-order valence-electron chi connectivity index (χ2n) is 12.0. The van der Waals surface area contributed by atoms with E-state index in [0.717, 1.165) is 54.5 Å². The molecule has 0 atom stereocenters. The van der Waals surface area contributed by atoms with Crippen molar-refractivity contribution in [3.05, 3.63) is 63.8 Å². The van der Waals surface area contributed by atoms with Crippen LogP contribution in [0.15, 0.2) is 30.3 Å². The highest BCUT2D eigenvalue weighted by Crippen LogP contribution is 2.57. The monoisotopic (exact) mass is 569 g/mol. The van der Waals surface area contributed by atoms with Gasteiger partial charge in [0.15, 0.2) is 11.4 Å². The molecule has 1 N–H and O–H groups in total. The summed E-state index contributed by atoms with van der Waals surface area (Å²) in [6, 6.07) is 11.1. The molecule has 0 bridgehead atoms. The number of fused-ring (bicyclic) bond motifs is 3. The zero-order valence-corrected chi connectivity index (χ0v) is 22.5. The Morgan fingerprint density at radius 3 is 2.50 bits per heavy atom. The van der Waals surface area contributed by atoms with Crippen LogP contribution in [0.1, 0.15) is 60.1 Å². The summed E-state index contributed by atoms with van der Waals surface area (Å²) in [5.74, 6) is 2.67. The smallest absolute Gasteiger partial charge is 0.380 e. The number of hydrogen-bond donors (Lipinski definition) is 1. The molecule has 2 aliphatic heterocycles. The molecule has 2 aromatic heterocycles. The third-order valence-electron chi connectivity index (χ3n) is 9.24. The number of aliphatic hydroxyl groups is 1. The summed E-state index contributed by atoms with van der Waals surface area (Å²) in [5.41, 5.74) is 0.679. The molecular formula is C28H27ClF3N7O. The topological polar surface area (TPSA) is 94.1 Å². The average molecular weight is 570 g/mol. The molecule has 3 aromatic rings. The van der Waals surface area contributed by atoms with Crippen LogP contribution in [0.25, 0.3) is 5.69 Å². The molecule has 0 unspecified atom stereocenters. The standard InChI is InChI=1S/C28H27ClF3N7O/c1-16-17(11-33)2-5-23(34-16)38-14-26(15-38)7-19(8-26)25-36-35-24-13-37(21-9-27(40,10-21)28(30,31)32)12-18-6-20(29)3-4-22(18)39(24)25/h2-6,19,21,40H,7-10,12-15H2,1H3. The van der Waals surface area contributed by atoms with E-state index in [0.29, 0.717) is 29.5 Å². The number of benzene rings is 1. The Labute approximate surface area is 234 Å². The van der Waals surface area contributed by atoms with Crippen molar-refractivity contribution in [2.75, 3.05) is 18.0 Å². The van der Waals surface area contributed by atoms with Crippen molar-refractivity contribution < 1.29 is 18.3 Å². The van der Waals surface area contributed by atoms with Gasteiger partial charge < -0.3 is 10.0 Å². The number of aromatic nitrogens is 4. The lowest BCUT2D eigenvalue weighted by molar-refractivity contribution is -0.300. The highest BCUT2D eigenvalue weighted by molar-refractivity contribution is 6.30. The number of aryl methyl sites for hydroxylation is 1. The van der Waals surface area contributed by atoms with Gasteiger partial charge in [-0.15, -0.1) is 10.2 Å². The van der Waals surface area contributed by atoms with Gasteiger partial charge in [0.05, 0.1) is 23.5 Å². The minimum absolute atomic E-state index is 0.189. The van der Waals surface area contributed by atoms with E-state index < -0.39 is 17.8 Å². The van der Waals surface area contributed by atoms with Gasteiger partial charge in [0.2, 0.25) is 0 Å². The van der Waals surface area contributed by atoms with Gasteiger partial charge in [-0.05, 0) is 55.7 Å². The summed E-state index contributed by atoms with van der Waals surface area (Å²) in [5, 5.41) is 28.9. The highest BCUT2D eigenvalue weighted by atomic mass is 35.5. The Morgan fingerprint density at radius 1 is 1.07 bits per heavy atom. The molecule has 1 aromatic carbocycles. The summed E-state index contributed by atoms with van der Waals surface area (Å²) in [4.78, 5) is 8.79. The highest BCUT2D eigenvalue weighted by Gasteiger charge is 2.62. The summed E-state index contributed by atoms with van der Waals surface area (Å²) >= 11 is 6.33. The molecule has 4 aliphatic rings. The van der Waals surface area contributed by atoms with Crippen LogP contribution < -0.4 is 4.90 Å². The first-order valence-electron chi connectivity index (χ1n) is 13.4. The van der Waals surface area contributed by atoms with Crippen molar-refractivity contribution in [1.82, 2.24) is 24.6 Å². The summed E-state index contributed by atoms with van der Waals surface area (Å²) in [6.45, 7) is 4.39. The Morgan fingerprint density at radius 2 is 1.82 bits per heavy atom. The normalized spacial score (nSPS) is 25.7. The van der Waals surface area contributed by atoms with E-state index in [2.05, 4.69) is 30.7 Å². The maximum absolute atomic E-state index is 13.3. The van der Waals surface area contributed by atoms with Gasteiger partial charge in [0.25, 0.3) is 0 Å². The number of hydrogen-bond acceptors (Lipinski definition) is 7. The number of pyridine rings is 1. The number of rotatable bonds is 3. The molecule has 4 heterocycles. The zero-order valence-electron chi connectivity index (χ0n) is 21.8. The van der Waals surface area contributed by atoms with E-state index in [9.17, 15) is 23.5 Å². The van der Waals surface area contributed by atoms with Crippen LogP contribution in [0.5, 0.6) is 0 Å². The van der Waals surface area contributed by atoms with Gasteiger partial charge in [-0.2, -0.15) is 18.4 Å². The first kappa shape index (κ1) is 25.7. The average Bonchev–Trinajstić information content (AvgIpc) is 3.15.